The van der Waals surface area contributed by atoms with Gasteiger partial charge in [-0.05, 0) is 5.56 Å². The molecule has 0 unspecified atom stereocenters. The maximum atomic E-state index is 5.81. The first-order chi connectivity index (χ1) is 7.36. The molecule has 1 heterocycles. The van der Waals surface area contributed by atoms with Crippen LogP contribution in [0.3, 0.4) is 0 Å². The van der Waals surface area contributed by atoms with Crippen LogP contribution in [0.1, 0.15) is 5.56 Å². The molecule has 0 N–H and O–H groups in total. The Balaban J connectivity index is 2.03. The molecule has 0 aliphatic carbocycles. The Hall–Kier alpha value is -1.61. The fourth-order valence-electron chi connectivity index (χ4n) is 1.13. The van der Waals surface area contributed by atoms with E-state index in [1.807, 2.05) is 30.3 Å². The van der Waals surface area contributed by atoms with Gasteiger partial charge in [-0.3, -0.25) is 0 Å². The van der Waals surface area contributed by atoms with Gasteiger partial charge in [0.25, 0.3) is 0 Å². The minimum Gasteiger partial charge on any atom is -0.484 e. The molecule has 0 fully saturated rings. The summed E-state index contributed by atoms with van der Waals surface area (Å²) >= 11 is 5.81. The molecule has 0 spiro atoms. The molecule has 76 valence electrons. The molecular weight excluding hydrogens is 212 g/mol. The number of hydrogen-bond acceptors (Lipinski definition) is 3. The van der Waals surface area contributed by atoms with E-state index in [-0.39, 0.29) is 0 Å². The second kappa shape index (κ2) is 4.75. The molecule has 2 aromatic rings. The first-order valence-electron chi connectivity index (χ1n) is 4.48. The number of halogens is 1. The summed E-state index contributed by atoms with van der Waals surface area (Å²) in [5.41, 5.74) is 1.08. The van der Waals surface area contributed by atoms with Crippen LogP contribution >= 0.6 is 11.6 Å². The maximum absolute atomic E-state index is 5.81. The largest absolute Gasteiger partial charge is 0.484 e. The summed E-state index contributed by atoms with van der Waals surface area (Å²) in [6.07, 6.45) is 2.94. The predicted molar refractivity (Wildman–Crippen MR) is 57.8 cm³/mol. The Morgan fingerprint density at radius 1 is 1.20 bits per heavy atom. The summed E-state index contributed by atoms with van der Waals surface area (Å²) in [5.74, 6) is 0.503. The highest BCUT2D eigenvalue weighted by Crippen LogP contribution is 2.20. The van der Waals surface area contributed by atoms with Gasteiger partial charge in [-0.2, -0.15) is 0 Å². The quantitative estimate of drug-likeness (QED) is 0.746. The highest BCUT2D eigenvalue weighted by molar-refractivity contribution is 6.30. The fraction of sp³-hybridized carbons (Fsp3) is 0.0909. The zero-order valence-electron chi connectivity index (χ0n) is 7.93. The van der Waals surface area contributed by atoms with E-state index in [1.54, 1.807) is 6.20 Å². The molecule has 3 nitrogen and oxygen atoms in total. The molecule has 0 bridgehead atoms. The van der Waals surface area contributed by atoms with Gasteiger partial charge in [-0.1, -0.05) is 41.9 Å². The smallest absolute Gasteiger partial charge is 0.175 e. The van der Waals surface area contributed by atoms with E-state index in [1.165, 1.54) is 6.33 Å². The number of aromatic nitrogens is 2. The SMILES string of the molecule is Clc1ncncc1OCc1ccccc1. The van der Waals surface area contributed by atoms with Crippen molar-refractivity contribution in [1.29, 1.82) is 0 Å². The van der Waals surface area contributed by atoms with Crippen molar-refractivity contribution in [3.63, 3.8) is 0 Å². The molecular formula is C11H9ClN2O. The molecule has 2 rings (SSSR count). The normalized spacial score (nSPS) is 9.93. The second-order valence-corrected chi connectivity index (χ2v) is 3.31. The van der Waals surface area contributed by atoms with Gasteiger partial charge in [0.2, 0.25) is 0 Å². The van der Waals surface area contributed by atoms with Crippen LogP contribution in [0.4, 0.5) is 0 Å². The lowest BCUT2D eigenvalue weighted by Gasteiger charge is -2.05. The molecule has 1 aromatic heterocycles. The number of ether oxygens (including phenoxy) is 1. The van der Waals surface area contributed by atoms with Gasteiger partial charge in [0, 0.05) is 0 Å². The van der Waals surface area contributed by atoms with Crippen LogP contribution in [0.15, 0.2) is 42.9 Å². The molecule has 0 aliphatic rings. The van der Waals surface area contributed by atoms with Crippen molar-refractivity contribution in [3.05, 3.63) is 53.6 Å². The van der Waals surface area contributed by atoms with Crippen LogP contribution in [-0.2, 0) is 6.61 Å². The van der Waals surface area contributed by atoms with E-state index in [0.717, 1.165) is 5.56 Å². The lowest BCUT2D eigenvalue weighted by Crippen LogP contribution is -1.96. The monoisotopic (exact) mass is 220 g/mol. The zero-order valence-corrected chi connectivity index (χ0v) is 8.69. The molecule has 15 heavy (non-hydrogen) atoms. The molecule has 0 atom stereocenters. The van der Waals surface area contributed by atoms with E-state index >= 15 is 0 Å². The van der Waals surface area contributed by atoms with Gasteiger partial charge in [-0.15, -0.1) is 0 Å². The number of nitrogens with zero attached hydrogens (tertiary/aromatic N) is 2. The lowest BCUT2D eigenvalue weighted by molar-refractivity contribution is 0.304. The summed E-state index contributed by atoms with van der Waals surface area (Å²) < 4.78 is 5.47. The van der Waals surface area contributed by atoms with Crippen LogP contribution in [0.25, 0.3) is 0 Å². The number of rotatable bonds is 3. The average molecular weight is 221 g/mol. The summed E-state index contributed by atoms with van der Waals surface area (Å²) in [6.45, 7) is 0.466. The minimum absolute atomic E-state index is 0.334. The van der Waals surface area contributed by atoms with Crippen molar-refractivity contribution < 1.29 is 4.74 Å². The molecule has 1 aromatic carbocycles. The summed E-state index contributed by atoms with van der Waals surface area (Å²) in [7, 11) is 0. The lowest BCUT2D eigenvalue weighted by atomic mass is 10.2. The zero-order chi connectivity index (χ0) is 10.5. The van der Waals surface area contributed by atoms with Crippen molar-refractivity contribution >= 4 is 11.6 Å². The topological polar surface area (TPSA) is 35.0 Å². The highest BCUT2D eigenvalue weighted by Gasteiger charge is 2.01. The van der Waals surface area contributed by atoms with E-state index < -0.39 is 0 Å². The third kappa shape index (κ3) is 2.67. The van der Waals surface area contributed by atoms with Crippen molar-refractivity contribution in [2.45, 2.75) is 6.61 Å². The van der Waals surface area contributed by atoms with Crippen molar-refractivity contribution in [3.8, 4) is 5.75 Å². The Bertz CT molecular complexity index is 434. The predicted octanol–water partition coefficient (Wildman–Crippen LogP) is 2.71. The van der Waals surface area contributed by atoms with Crippen LogP contribution in [0.5, 0.6) is 5.75 Å². The molecule has 0 radical (unpaired) electrons. The minimum atomic E-state index is 0.334. The van der Waals surface area contributed by atoms with Gasteiger partial charge >= 0.3 is 0 Å². The van der Waals surface area contributed by atoms with Crippen LogP contribution in [0.2, 0.25) is 5.15 Å². The first kappa shape index (κ1) is 9.93. The molecule has 0 saturated heterocycles. The van der Waals surface area contributed by atoms with E-state index in [9.17, 15) is 0 Å². The third-order valence-corrected chi connectivity index (χ3v) is 2.15. The average Bonchev–Trinajstić information content (AvgIpc) is 2.29. The summed E-state index contributed by atoms with van der Waals surface area (Å²) in [5, 5.41) is 0.334. The summed E-state index contributed by atoms with van der Waals surface area (Å²) in [6, 6.07) is 9.85. The Morgan fingerprint density at radius 2 is 2.00 bits per heavy atom. The molecule has 0 saturated carbocycles. The molecule has 0 amide bonds. The number of hydrogen-bond donors (Lipinski definition) is 0. The van der Waals surface area contributed by atoms with Crippen molar-refractivity contribution in [1.82, 2.24) is 9.97 Å². The number of benzene rings is 1. The van der Waals surface area contributed by atoms with Gasteiger partial charge in [-0.25, -0.2) is 9.97 Å². The maximum Gasteiger partial charge on any atom is 0.175 e. The molecule has 0 aliphatic heterocycles. The Morgan fingerprint density at radius 3 is 2.73 bits per heavy atom. The van der Waals surface area contributed by atoms with Gasteiger partial charge in [0.1, 0.15) is 12.9 Å². The molecule has 4 heteroatoms. The fourth-order valence-corrected chi connectivity index (χ4v) is 1.28. The van der Waals surface area contributed by atoms with Crippen molar-refractivity contribution in [2.24, 2.45) is 0 Å². The van der Waals surface area contributed by atoms with E-state index in [0.29, 0.717) is 17.5 Å². The Labute approximate surface area is 92.7 Å². The van der Waals surface area contributed by atoms with E-state index in [2.05, 4.69) is 9.97 Å². The third-order valence-electron chi connectivity index (χ3n) is 1.87. The highest BCUT2D eigenvalue weighted by atomic mass is 35.5. The van der Waals surface area contributed by atoms with Gasteiger partial charge in [0.05, 0.1) is 6.20 Å². The first-order valence-corrected chi connectivity index (χ1v) is 4.86. The Kier molecular flexibility index (Phi) is 3.15. The van der Waals surface area contributed by atoms with Crippen LogP contribution in [0, 0.1) is 0 Å². The van der Waals surface area contributed by atoms with E-state index in [4.69, 9.17) is 16.3 Å². The van der Waals surface area contributed by atoms with Crippen molar-refractivity contribution in [2.75, 3.05) is 0 Å². The summed E-state index contributed by atoms with van der Waals surface area (Å²) in [4.78, 5) is 7.66. The van der Waals surface area contributed by atoms with Crippen LogP contribution in [-0.4, -0.2) is 9.97 Å². The van der Waals surface area contributed by atoms with Crippen LogP contribution < -0.4 is 4.74 Å². The van der Waals surface area contributed by atoms with Gasteiger partial charge < -0.3 is 4.74 Å². The second-order valence-electron chi connectivity index (χ2n) is 2.95. The standard InChI is InChI=1S/C11H9ClN2O/c12-11-10(6-13-8-14-11)15-7-9-4-2-1-3-5-9/h1-6,8H,7H2. The van der Waals surface area contributed by atoms with Gasteiger partial charge in [0.15, 0.2) is 10.9 Å².